The van der Waals surface area contributed by atoms with Gasteiger partial charge in [-0.25, -0.2) is 8.42 Å². The molecule has 7 heteroatoms. The van der Waals surface area contributed by atoms with Crippen molar-refractivity contribution in [2.75, 3.05) is 12.9 Å². The molecule has 0 bridgehead atoms. The molecule has 0 saturated heterocycles. The van der Waals surface area contributed by atoms with E-state index >= 15 is 0 Å². The SMILES string of the molecule is COc1ccccc1CN(Cc1cccs1)C(=O)CCS(=O)(=O)c1ccc2c(c1)CCC2. The van der Waals surface area contributed by atoms with Crippen molar-refractivity contribution in [1.82, 2.24) is 4.90 Å². The van der Waals surface area contributed by atoms with Gasteiger partial charge in [0.05, 0.1) is 24.3 Å². The monoisotopic (exact) mass is 469 g/mol. The van der Waals surface area contributed by atoms with E-state index in [-0.39, 0.29) is 18.1 Å². The molecular weight excluding hydrogens is 442 g/mol. The molecule has 0 N–H and O–H groups in total. The van der Waals surface area contributed by atoms with E-state index in [0.717, 1.165) is 35.3 Å². The summed E-state index contributed by atoms with van der Waals surface area (Å²) in [6.45, 7) is 0.799. The molecular formula is C25H27NO4S2. The number of amides is 1. The number of ether oxygens (including phenoxy) is 1. The van der Waals surface area contributed by atoms with E-state index in [1.165, 1.54) is 5.56 Å². The fourth-order valence-electron chi connectivity index (χ4n) is 4.10. The van der Waals surface area contributed by atoms with Crippen molar-refractivity contribution >= 4 is 27.1 Å². The van der Waals surface area contributed by atoms with Crippen LogP contribution in [0.4, 0.5) is 0 Å². The molecule has 32 heavy (non-hydrogen) atoms. The smallest absolute Gasteiger partial charge is 0.224 e. The Morgan fingerprint density at radius 2 is 1.84 bits per heavy atom. The molecule has 1 heterocycles. The Bertz CT molecular complexity index is 1190. The third-order valence-electron chi connectivity index (χ3n) is 5.85. The second-order valence-corrected chi connectivity index (χ2v) is 11.1. The van der Waals surface area contributed by atoms with Crippen LogP contribution in [0, 0.1) is 0 Å². The zero-order valence-corrected chi connectivity index (χ0v) is 19.8. The molecule has 3 aromatic rings. The quantitative estimate of drug-likeness (QED) is 0.458. The number of hydrogen-bond donors (Lipinski definition) is 0. The Morgan fingerprint density at radius 1 is 1.03 bits per heavy atom. The van der Waals surface area contributed by atoms with Crippen LogP contribution in [0.25, 0.3) is 0 Å². The number of rotatable bonds is 9. The summed E-state index contributed by atoms with van der Waals surface area (Å²) in [5.74, 6) is 0.327. The lowest BCUT2D eigenvalue weighted by Crippen LogP contribution is -2.31. The van der Waals surface area contributed by atoms with Crippen LogP contribution in [0.3, 0.4) is 0 Å². The molecule has 168 valence electrons. The number of methoxy groups -OCH3 is 1. The molecule has 0 aliphatic heterocycles. The highest BCUT2D eigenvalue weighted by Crippen LogP contribution is 2.26. The molecule has 0 atom stereocenters. The number of aryl methyl sites for hydroxylation is 2. The van der Waals surface area contributed by atoms with E-state index in [1.54, 1.807) is 35.5 Å². The van der Waals surface area contributed by atoms with Gasteiger partial charge in [-0.3, -0.25) is 4.79 Å². The predicted octanol–water partition coefficient (Wildman–Crippen LogP) is 4.64. The van der Waals surface area contributed by atoms with Crippen molar-refractivity contribution in [2.24, 2.45) is 0 Å². The lowest BCUT2D eigenvalue weighted by Gasteiger charge is -2.23. The molecule has 4 rings (SSSR count). The third kappa shape index (κ3) is 5.22. The maximum Gasteiger partial charge on any atom is 0.224 e. The summed E-state index contributed by atoms with van der Waals surface area (Å²) in [5.41, 5.74) is 3.24. The van der Waals surface area contributed by atoms with Crippen molar-refractivity contribution in [1.29, 1.82) is 0 Å². The first-order chi connectivity index (χ1) is 15.5. The number of sulfone groups is 1. The lowest BCUT2D eigenvalue weighted by molar-refractivity contribution is -0.132. The van der Waals surface area contributed by atoms with E-state index in [9.17, 15) is 13.2 Å². The first-order valence-electron chi connectivity index (χ1n) is 10.7. The molecule has 1 aromatic heterocycles. The van der Waals surface area contributed by atoms with Crippen molar-refractivity contribution in [3.8, 4) is 5.75 Å². The Hall–Kier alpha value is -2.64. The highest BCUT2D eigenvalue weighted by atomic mass is 32.2. The zero-order chi connectivity index (χ0) is 22.6. The summed E-state index contributed by atoms with van der Waals surface area (Å²) in [5, 5.41) is 1.97. The Balaban J connectivity index is 1.49. The third-order valence-corrected chi connectivity index (χ3v) is 8.42. The minimum absolute atomic E-state index is 0.0556. The minimum atomic E-state index is -3.53. The number of hydrogen-bond acceptors (Lipinski definition) is 5. The first-order valence-corrected chi connectivity index (χ1v) is 13.3. The number of carbonyl (C=O) groups is 1. The molecule has 5 nitrogen and oxygen atoms in total. The molecule has 0 saturated carbocycles. The van der Waals surface area contributed by atoms with Crippen LogP contribution in [0.2, 0.25) is 0 Å². The normalized spacial score (nSPS) is 13.0. The molecule has 1 amide bonds. The number of fused-ring (bicyclic) bond motifs is 1. The Labute approximate surface area is 193 Å². The van der Waals surface area contributed by atoms with E-state index < -0.39 is 9.84 Å². The minimum Gasteiger partial charge on any atom is -0.496 e. The fourth-order valence-corrected chi connectivity index (χ4v) is 6.10. The molecule has 0 unspecified atom stereocenters. The van der Waals surface area contributed by atoms with Crippen LogP contribution in [-0.4, -0.2) is 32.1 Å². The van der Waals surface area contributed by atoms with Gasteiger partial charge in [-0.05, 0) is 60.0 Å². The van der Waals surface area contributed by atoms with Crippen molar-refractivity contribution in [2.45, 2.75) is 43.7 Å². The van der Waals surface area contributed by atoms with Gasteiger partial charge < -0.3 is 9.64 Å². The first kappa shape index (κ1) is 22.6. The second-order valence-electron chi connectivity index (χ2n) is 7.99. The van der Waals surface area contributed by atoms with Crippen LogP contribution < -0.4 is 4.74 Å². The summed E-state index contributed by atoms with van der Waals surface area (Å²) in [6.07, 6.45) is 2.94. The van der Waals surface area contributed by atoms with Gasteiger partial charge in [0.25, 0.3) is 0 Å². The molecule has 0 radical (unpaired) electrons. The number of carbonyl (C=O) groups excluding carboxylic acids is 1. The van der Waals surface area contributed by atoms with Gasteiger partial charge in [-0.2, -0.15) is 0 Å². The molecule has 0 spiro atoms. The van der Waals surface area contributed by atoms with Gasteiger partial charge in [-0.15, -0.1) is 11.3 Å². The highest BCUT2D eigenvalue weighted by molar-refractivity contribution is 7.91. The number of thiophene rings is 1. The van der Waals surface area contributed by atoms with Gasteiger partial charge in [0.15, 0.2) is 9.84 Å². The molecule has 1 aliphatic carbocycles. The molecule has 0 fully saturated rings. The second kappa shape index (κ2) is 9.88. The molecule has 2 aromatic carbocycles. The summed E-state index contributed by atoms with van der Waals surface area (Å²) < 4.78 is 31.3. The summed E-state index contributed by atoms with van der Waals surface area (Å²) in [7, 11) is -1.92. The van der Waals surface area contributed by atoms with E-state index in [1.807, 2.05) is 47.8 Å². The lowest BCUT2D eigenvalue weighted by atomic mass is 10.1. The number of benzene rings is 2. The van der Waals surface area contributed by atoms with E-state index in [4.69, 9.17) is 4.74 Å². The van der Waals surface area contributed by atoms with Gasteiger partial charge in [0, 0.05) is 23.4 Å². The van der Waals surface area contributed by atoms with Gasteiger partial charge in [0.1, 0.15) is 5.75 Å². The highest BCUT2D eigenvalue weighted by Gasteiger charge is 2.23. The van der Waals surface area contributed by atoms with Crippen LogP contribution >= 0.6 is 11.3 Å². The van der Waals surface area contributed by atoms with Crippen molar-refractivity contribution < 1.29 is 17.9 Å². The van der Waals surface area contributed by atoms with E-state index in [0.29, 0.717) is 23.7 Å². The average Bonchev–Trinajstić information content (AvgIpc) is 3.48. The van der Waals surface area contributed by atoms with Crippen LogP contribution in [0.1, 0.15) is 34.4 Å². The van der Waals surface area contributed by atoms with Gasteiger partial charge in [0.2, 0.25) is 5.91 Å². The van der Waals surface area contributed by atoms with Gasteiger partial charge >= 0.3 is 0 Å². The number of para-hydroxylation sites is 1. The van der Waals surface area contributed by atoms with Gasteiger partial charge in [-0.1, -0.05) is 30.3 Å². The maximum absolute atomic E-state index is 13.2. The van der Waals surface area contributed by atoms with Crippen LogP contribution in [0.5, 0.6) is 5.75 Å². The fraction of sp³-hybridized carbons (Fsp3) is 0.320. The average molecular weight is 470 g/mol. The summed E-state index contributed by atoms with van der Waals surface area (Å²) >= 11 is 1.58. The standard InChI is InChI=1S/C25H27NO4S2/c1-30-24-10-3-2-6-21(24)17-26(18-22-9-5-14-31-22)25(27)13-15-32(28,29)23-12-11-19-7-4-8-20(19)16-23/h2-3,5-6,9-12,14,16H,4,7-8,13,15,17-18H2,1H3. The Kier molecular flexibility index (Phi) is 6.96. The summed E-state index contributed by atoms with van der Waals surface area (Å²) in [4.78, 5) is 16.2. The zero-order valence-electron chi connectivity index (χ0n) is 18.1. The Morgan fingerprint density at radius 3 is 2.62 bits per heavy atom. The molecule has 1 aliphatic rings. The predicted molar refractivity (Wildman–Crippen MR) is 127 cm³/mol. The van der Waals surface area contributed by atoms with Crippen molar-refractivity contribution in [3.63, 3.8) is 0 Å². The summed E-state index contributed by atoms with van der Waals surface area (Å²) in [6, 6.07) is 16.9. The maximum atomic E-state index is 13.2. The number of nitrogens with zero attached hydrogens (tertiary/aromatic N) is 1. The van der Waals surface area contributed by atoms with Crippen LogP contribution in [-0.2, 0) is 40.6 Å². The van der Waals surface area contributed by atoms with Crippen LogP contribution in [0.15, 0.2) is 64.9 Å². The largest absolute Gasteiger partial charge is 0.496 e. The van der Waals surface area contributed by atoms with E-state index in [2.05, 4.69) is 0 Å². The van der Waals surface area contributed by atoms with Crippen molar-refractivity contribution in [3.05, 3.63) is 81.5 Å². The topological polar surface area (TPSA) is 63.7 Å².